The van der Waals surface area contributed by atoms with Crippen molar-refractivity contribution in [2.45, 2.75) is 18.4 Å². The molecule has 3 heteroatoms. The summed E-state index contributed by atoms with van der Waals surface area (Å²) in [7, 11) is 0. The number of hydrogen-bond donors (Lipinski definition) is 2. The Labute approximate surface area is 65.4 Å². The second-order valence-electron chi connectivity index (χ2n) is 3.63. The summed E-state index contributed by atoms with van der Waals surface area (Å²) < 4.78 is 0. The summed E-state index contributed by atoms with van der Waals surface area (Å²) in [6.07, 6.45) is 5.79. The summed E-state index contributed by atoms with van der Waals surface area (Å²) in [5.41, 5.74) is 10.8. The number of allylic oxidation sites excluding steroid dienone is 1. The van der Waals surface area contributed by atoms with Crippen molar-refractivity contribution in [3.63, 3.8) is 0 Å². The summed E-state index contributed by atoms with van der Waals surface area (Å²) in [5, 5.41) is 0. The summed E-state index contributed by atoms with van der Waals surface area (Å²) in [4.78, 5) is 10.9. The van der Waals surface area contributed by atoms with Gasteiger partial charge < -0.3 is 11.5 Å². The standard InChI is InChI=1S/C8H12N2O/c9-7(11)6-3-5-1-2-8(6,10)4-5/h1-2,5-6H,3-4,10H2,(H2,9,11). The van der Waals surface area contributed by atoms with Gasteiger partial charge in [0.2, 0.25) is 5.91 Å². The largest absolute Gasteiger partial charge is 0.369 e. The lowest BCUT2D eigenvalue weighted by Gasteiger charge is -2.24. The molecule has 2 rings (SSSR count). The second-order valence-corrected chi connectivity index (χ2v) is 3.63. The van der Waals surface area contributed by atoms with Crippen LogP contribution in [0.3, 0.4) is 0 Å². The van der Waals surface area contributed by atoms with E-state index in [0.717, 1.165) is 12.8 Å². The first-order valence-corrected chi connectivity index (χ1v) is 3.89. The van der Waals surface area contributed by atoms with Gasteiger partial charge in [-0.15, -0.1) is 0 Å². The van der Waals surface area contributed by atoms with Gasteiger partial charge in [-0.25, -0.2) is 0 Å². The van der Waals surface area contributed by atoms with Crippen molar-refractivity contribution in [2.75, 3.05) is 0 Å². The molecule has 1 fully saturated rings. The van der Waals surface area contributed by atoms with Crippen molar-refractivity contribution >= 4 is 5.91 Å². The number of fused-ring (bicyclic) bond motifs is 2. The maximum absolute atomic E-state index is 10.9. The third-order valence-electron chi connectivity index (χ3n) is 2.83. The van der Waals surface area contributed by atoms with Gasteiger partial charge in [0, 0.05) is 5.54 Å². The first-order chi connectivity index (χ1) is 5.12. The number of carbonyl (C=O) groups excluding carboxylic acids is 1. The second kappa shape index (κ2) is 1.85. The fourth-order valence-electron chi connectivity index (χ4n) is 2.23. The van der Waals surface area contributed by atoms with E-state index in [2.05, 4.69) is 6.08 Å². The van der Waals surface area contributed by atoms with Crippen LogP contribution in [-0.4, -0.2) is 11.4 Å². The number of amides is 1. The molecule has 11 heavy (non-hydrogen) atoms. The molecule has 0 aromatic heterocycles. The molecule has 0 spiro atoms. The van der Waals surface area contributed by atoms with Gasteiger partial charge in [-0.1, -0.05) is 12.2 Å². The average molecular weight is 152 g/mol. The van der Waals surface area contributed by atoms with E-state index in [0.29, 0.717) is 5.92 Å². The van der Waals surface area contributed by atoms with Gasteiger partial charge in [0.05, 0.1) is 5.92 Å². The van der Waals surface area contributed by atoms with Crippen LogP contribution in [-0.2, 0) is 4.79 Å². The number of nitrogens with two attached hydrogens (primary N) is 2. The highest BCUT2D eigenvalue weighted by Gasteiger charge is 2.48. The molecule has 0 aromatic rings. The Balaban J connectivity index is 2.29. The Morgan fingerprint density at radius 3 is 2.64 bits per heavy atom. The molecule has 60 valence electrons. The van der Waals surface area contributed by atoms with Gasteiger partial charge in [0.25, 0.3) is 0 Å². The van der Waals surface area contributed by atoms with Crippen LogP contribution in [0, 0.1) is 11.8 Å². The number of carbonyl (C=O) groups is 1. The summed E-state index contributed by atoms with van der Waals surface area (Å²) in [5.74, 6) is 0.120. The Hall–Kier alpha value is -0.830. The minimum atomic E-state index is -0.406. The van der Waals surface area contributed by atoms with Crippen LogP contribution >= 0.6 is 0 Å². The van der Waals surface area contributed by atoms with Crippen molar-refractivity contribution in [3.05, 3.63) is 12.2 Å². The molecule has 1 saturated carbocycles. The van der Waals surface area contributed by atoms with Crippen LogP contribution in [0.15, 0.2) is 12.2 Å². The van der Waals surface area contributed by atoms with Crippen LogP contribution in [0.5, 0.6) is 0 Å². The van der Waals surface area contributed by atoms with E-state index in [1.54, 1.807) is 0 Å². The summed E-state index contributed by atoms with van der Waals surface area (Å²) in [6, 6.07) is 0. The molecule has 0 radical (unpaired) electrons. The van der Waals surface area contributed by atoms with Gasteiger partial charge >= 0.3 is 0 Å². The van der Waals surface area contributed by atoms with Gasteiger partial charge in [-0.2, -0.15) is 0 Å². The molecule has 2 aliphatic carbocycles. The Kier molecular flexibility index (Phi) is 1.16. The van der Waals surface area contributed by atoms with Gasteiger partial charge in [-0.05, 0) is 18.8 Å². The topological polar surface area (TPSA) is 69.1 Å². The maximum Gasteiger partial charge on any atom is 0.222 e. The van der Waals surface area contributed by atoms with E-state index in [1.807, 2.05) is 6.08 Å². The minimum absolute atomic E-state index is 0.127. The summed E-state index contributed by atoms with van der Waals surface area (Å²) in [6.45, 7) is 0. The fourth-order valence-corrected chi connectivity index (χ4v) is 2.23. The van der Waals surface area contributed by atoms with Crippen LogP contribution in [0.2, 0.25) is 0 Å². The van der Waals surface area contributed by atoms with E-state index < -0.39 is 5.54 Å². The molecule has 2 bridgehead atoms. The van der Waals surface area contributed by atoms with Gasteiger partial charge in [0.1, 0.15) is 0 Å². The monoisotopic (exact) mass is 152 g/mol. The van der Waals surface area contributed by atoms with Gasteiger partial charge in [0.15, 0.2) is 0 Å². The normalized spacial score (nSPS) is 46.6. The lowest BCUT2D eigenvalue weighted by molar-refractivity contribution is -0.122. The van der Waals surface area contributed by atoms with Crippen molar-refractivity contribution < 1.29 is 4.79 Å². The molecule has 1 amide bonds. The van der Waals surface area contributed by atoms with E-state index >= 15 is 0 Å². The lowest BCUT2D eigenvalue weighted by Crippen LogP contribution is -2.46. The highest BCUT2D eigenvalue weighted by molar-refractivity contribution is 5.79. The number of hydrogen-bond acceptors (Lipinski definition) is 2. The molecule has 3 atom stereocenters. The predicted octanol–water partition coefficient (Wildman–Crippen LogP) is -0.235. The van der Waals surface area contributed by atoms with E-state index in [-0.39, 0.29) is 11.8 Å². The van der Waals surface area contributed by atoms with Crippen LogP contribution < -0.4 is 11.5 Å². The summed E-state index contributed by atoms with van der Waals surface area (Å²) >= 11 is 0. The smallest absolute Gasteiger partial charge is 0.222 e. The average Bonchev–Trinajstić information content (AvgIpc) is 2.41. The molecule has 3 unspecified atom stereocenters. The Morgan fingerprint density at radius 2 is 2.36 bits per heavy atom. The molecule has 0 heterocycles. The highest BCUT2D eigenvalue weighted by Crippen LogP contribution is 2.44. The molecule has 0 aromatic carbocycles. The van der Waals surface area contributed by atoms with Crippen molar-refractivity contribution in [1.82, 2.24) is 0 Å². The Bertz CT molecular complexity index is 236. The van der Waals surface area contributed by atoms with Crippen LogP contribution in [0.4, 0.5) is 0 Å². The minimum Gasteiger partial charge on any atom is -0.369 e. The Morgan fingerprint density at radius 1 is 1.64 bits per heavy atom. The molecule has 4 N–H and O–H groups in total. The zero-order valence-electron chi connectivity index (χ0n) is 6.29. The molecule has 3 nitrogen and oxygen atoms in total. The predicted molar refractivity (Wildman–Crippen MR) is 41.5 cm³/mol. The molecular weight excluding hydrogens is 140 g/mol. The van der Waals surface area contributed by atoms with Crippen molar-refractivity contribution in [1.29, 1.82) is 0 Å². The first-order valence-electron chi connectivity index (χ1n) is 3.89. The van der Waals surface area contributed by atoms with E-state index in [1.165, 1.54) is 0 Å². The number of rotatable bonds is 1. The molecule has 2 aliphatic rings. The fraction of sp³-hybridized carbons (Fsp3) is 0.625. The van der Waals surface area contributed by atoms with E-state index in [9.17, 15) is 4.79 Å². The zero-order valence-corrected chi connectivity index (χ0v) is 6.29. The third-order valence-corrected chi connectivity index (χ3v) is 2.83. The maximum atomic E-state index is 10.9. The first kappa shape index (κ1) is 6.85. The molecular formula is C8H12N2O. The highest BCUT2D eigenvalue weighted by atomic mass is 16.1. The van der Waals surface area contributed by atoms with Crippen molar-refractivity contribution in [2.24, 2.45) is 23.3 Å². The SMILES string of the molecule is NC(=O)C1CC2C=CC1(N)C2. The molecule has 0 aliphatic heterocycles. The van der Waals surface area contributed by atoms with Crippen molar-refractivity contribution in [3.8, 4) is 0 Å². The van der Waals surface area contributed by atoms with Gasteiger partial charge in [-0.3, -0.25) is 4.79 Å². The third kappa shape index (κ3) is 0.807. The number of primary amides is 1. The lowest BCUT2D eigenvalue weighted by atomic mass is 9.87. The van der Waals surface area contributed by atoms with Crippen LogP contribution in [0.25, 0.3) is 0 Å². The van der Waals surface area contributed by atoms with Crippen LogP contribution in [0.1, 0.15) is 12.8 Å². The van der Waals surface area contributed by atoms with E-state index in [4.69, 9.17) is 11.5 Å². The zero-order chi connectivity index (χ0) is 8.06. The quantitative estimate of drug-likeness (QED) is 0.509. The molecule has 0 saturated heterocycles.